The van der Waals surface area contributed by atoms with Crippen LogP contribution in [-0.4, -0.2) is 11.4 Å². The maximum atomic E-state index is 5.41. The van der Waals surface area contributed by atoms with E-state index in [0.717, 1.165) is 19.4 Å². The van der Waals surface area contributed by atoms with Crippen molar-refractivity contribution in [1.82, 2.24) is 4.90 Å². The fourth-order valence-electron chi connectivity index (χ4n) is 1.10. The van der Waals surface area contributed by atoms with Gasteiger partial charge in [-0.1, -0.05) is 18.2 Å². The van der Waals surface area contributed by atoms with Crippen molar-refractivity contribution < 1.29 is 0 Å². The molecular formula is C12H22N2. The minimum Gasteiger partial charge on any atom is -0.332 e. The number of nitrogens with zero attached hydrogens (tertiary/aromatic N) is 1. The number of hydrogen-bond donors (Lipinski definition) is 1. The Kier molecular flexibility index (Phi) is 9.33. The lowest BCUT2D eigenvalue weighted by molar-refractivity contribution is 0.677. The Balaban J connectivity index is 3.78. The topological polar surface area (TPSA) is 29.3 Å². The summed E-state index contributed by atoms with van der Waals surface area (Å²) in [4.78, 5) is 2.04. The fraction of sp³-hybridized carbons (Fsp3) is 0.500. The average molecular weight is 194 g/mol. The van der Waals surface area contributed by atoms with Gasteiger partial charge in [-0.2, -0.15) is 0 Å². The van der Waals surface area contributed by atoms with Gasteiger partial charge in [0.15, 0.2) is 0 Å². The third-order valence-corrected chi connectivity index (χ3v) is 1.74. The molecule has 0 radical (unpaired) electrons. The SMILES string of the molecule is CC=CN(C=CC)C=CCCCCN. The molecule has 0 aliphatic carbocycles. The minimum absolute atomic E-state index is 0.793. The molecule has 0 saturated carbocycles. The summed E-state index contributed by atoms with van der Waals surface area (Å²) in [5.41, 5.74) is 5.41. The third-order valence-electron chi connectivity index (χ3n) is 1.74. The molecule has 14 heavy (non-hydrogen) atoms. The van der Waals surface area contributed by atoms with Gasteiger partial charge in [-0.25, -0.2) is 0 Å². The summed E-state index contributed by atoms with van der Waals surface area (Å²) in [6.07, 6.45) is 15.7. The van der Waals surface area contributed by atoms with Crippen molar-refractivity contribution in [3.8, 4) is 0 Å². The Morgan fingerprint density at radius 3 is 2.14 bits per heavy atom. The highest BCUT2D eigenvalue weighted by atomic mass is 15.1. The minimum atomic E-state index is 0.793. The van der Waals surface area contributed by atoms with Gasteiger partial charge in [0, 0.05) is 18.6 Å². The lowest BCUT2D eigenvalue weighted by Crippen LogP contribution is -1.99. The molecule has 0 aromatic rings. The molecule has 0 unspecified atom stereocenters. The fourth-order valence-corrected chi connectivity index (χ4v) is 1.10. The second kappa shape index (κ2) is 10.1. The van der Waals surface area contributed by atoms with Crippen LogP contribution in [0.5, 0.6) is 0 Å². The first-order chi connectivity index (χ1) is 6.85. The predicted molar refractivity (Wildman–Crippen MR) is 63.5 cm³/mol. The van der Waals surface area contributed by atoms with Crippen LogP contribution < -0.4 is 5.73 Å². The van der Waals surface area contributed by atoms with E-state index >= 15 is 0 Å². The summed E-state index contributed by atoms with van der Waals surface area (Å²) in [5, 5.41) is 0. The zero-order chi connectivity index (χ0) is 10.6. The largest absolute Gasteiger partial charge is 0.332 e. The van der Waals surface area contributed by atoms with Crippen molar-refractivity contribution in [2.75, 3.05) is 6.54 Å². The van der Waals surface area contributed by atoms with E-state index < -0.39 is 0 Å². The number of hydrogen-bond acceptors (Lipinski definition) is 2. The highest BCUT2D eigenvalue weighted by Gasteiger charge is 1.85. The van der Waals surface area contributed by atoms with Crippen molar-refractivity contribution in [2.45, 2.75) is 33.1 Å². The van der Waals surface area contributed by atoms with Crippen molar-refractivity contribution in [2.24, 2.45) is 5.73 Å². The van der Waals surface area contributed by atoms with Gasteiger partial charge in [0.2, 0.25) is 0 Å². The van der Waals surface area contributed by atoms with E-state index in [1.54, 1.807) is 0 Å². The molecular weight excluding hydrogens is 172 g/mol. The first-order valence-electron chi connectivity index (χ1n) is 5.25. The molecule has 0 heterocycles. The second-order valence-electron chi connectivity index (χ2n) is 3.08. The van der Waals surface area contributed by atoms with Crippen LogP contribution >= 0.6 is 0 Å². The van der Waals surface area contributed by atoms with E-state index in [-0.39, 0.29) is 0 Å². The first kappa shape index (κ1) is 13.0. The van der Waals surface area contributed by atoms with Crippen molar-refractivity contribution in [3.63, 3.8) is 0 Å². The van der Waals surface area contributed by atoms with Gasteiger partial charge in [0.05, 0.1) is 0 Å². The van der Waals surface area contributed by atoms with Crippen LogP contribution in [0.3, 0.4) is 0 Å². The smallest absolute Gasteiger partial charge is 0.00417 e. The molecule has 0 aromatic carbocycles. The summed E-state index contributed by atoms with van der Waals surface area (Å²) in [5.74, 6) is 0. The normalized spacial score (nSPS) is 12.2. The van der Waals surface area contributed by atoms with Gasteiger partial charge in [-0.05, 0) is 39.7 Å². The van der Waals surface area contributed by atoms with Crippen molar-refractivity contribution in [3.05, 3.63) is 36.8 Å². The molecule has 2 nitrogen and oxygen atoms in total. The predicted octanol–water partition coefficient (Wildman–Crippen LogP) is 3.00. The molecule has 0 bridgehead atoms. The van der Waals surface area contributed by atoms with E-state index in [0.29, 0.717) is 0 Å². The van der Waals surface area contributed by atoms with E-state index in [9.17, 15) is 0 Å². The van der Waals surface area contributed by atoms with Crippen molar-refractivity contribution in [1.29, 1.82) is 0 Å². The molecule has 80 valence electrons. The summed E-state index contributed by atoms with van der Waals surface area (Å²) < 4.78 is 0. The Bertz CT molecular complexity index is 180. The molecule has 0 rings (SSSR count). The molecule has 0 atom stereocenters. The van der Waals surface area contributed by atoms with Gasteiger partial charge >= 0.3 is 0 Å². The molecule has 0 aliphatic heterocycles. The Hall–Kier alpha value is -1.02. The molecule has 2 N–H and O–H groups in total. The van der Waals surface area contributed by atoms with Crippen LogP contribution in [0, 0.1) is 0 Å². The lowest BCUT2D eigenvalue weighted by Gasteiger charge is -2.07. The Morgan fingerprint density at radius 1 is 1.00 bits per heavy atom. The van der Waals surface area contributed by atoms with Crippen LogP contribution in [0.2, 0.25) is 0 Å². The number of unbranched alkanes of at least 4 members (excludes halogenated alkanes) is 2. The Labute approximate surface area is 87.8 Å². The van der Waals surface area contributed by atoms with E-state index in [1.165, 1.54) is 6.42 Å². The molecule has 0 aliphatic rings. The van der Waals surface area contributed by atoms with Crippen LogP contribution in [0.4, 0.5) is 0 Å². The molecule has 0 aromatic heterocycles. The van der Waals surface area contributed by atoms with Crippen LogP contribution in [-0.2, 0) is 0 Å². The van der Waals surface area contributed by atoms with Gasteiger partial charge in [-0.15, -0.1) is 0 Å². The molecule has 0 saturated heterocycles. The van der Waals surface area contributed by atoms with Crippen LogP contribution in [0.15, 0.2) is 36.8 Å². The first-order valence-corrected chi connectivity index (χ1v) is 5.25. The average Bonchev–Trinajstić information content (AvgIpc) is 2.18. The van der Waals surface area contributed by atoms with Gasteiger partial charge in [-0.3, -0.25) is 0 Å². The molecule has 0 spiro atoms. The standard InChI is InChI=1S/C12H22N2/c1-3-10-14(11-4-2)12-8-6-5-7-9-13/h3-4,8,10-12H,5-7,9,13H2,1-2H3. The summed E-state index contributed by atoms with van der Waals surface area (Å²) >= 11 is 0. The van der Waals surface area contributed by atoms with E-state index in [2.05, 4.69) is 12.3 Å². The van der Waals surface area contributed by atoms with Gasteiger partial charge in [0.1, 0.15) is 0 Å². The molecule has 0 fully saturated rings. The van der Waals surface area contributed by atoms with Gasteiger partial charge in [0.25, 0.3) is 0 Å². The van der Waals surface area contributed by atoms with Crippen molar-refractivity contribution >= 4 is 0 Å². The Morgan fingerprint density at radius 2 is 1.64 bits per heavy atom. The quantitative estimate of drug-likeness (QED) is 0.631. The highest BCUT2D eigenvalue weighted by molar-refractivity contribution is 4.97. The monoisotopic (exact) mass is 194 g/mol. The van der Waals surface area contributed by atoms with Gasteiger partial charge < -0.3 is 10.6 Å². The summed E-state index contributed by atoms with van der Waals surface area (Å²) in [6.45, 7) is 4.82. The van der Waals surface area contributed by atoms with Crippen LogP contribution in [0.25, 0.3) is 0 Å². The molecule has 0 amide bonds. The number of nitrogens with two attached hydrogens (primary N) is 1. The van der Waals surface area contributed by atoms with E-state index in [1.807, 2.05) is 43.3 Å². The lowest BCUT2D eigenvalue weighted by atomic mass is 10.2. The number of rotatable bonds is 7. The third kappa shape index (κ3) is 7.62. The molecule has 2 heteroatoms. The van der Waals surface area contributed by atoms with E-state index in [4.69, 9.17) is 5.73 Å². The zero-order valence-electron chi connectivity index (χ0n) is 9.32. The number of allylic oxidation sites excluding steroid dienone is 3. The maximum Gasteiger partial charge on any atom is 0.00417 e. The zero-order valence-corrected chi connectivity index (χ0v) is 9.32. The summed E-state index contributed by atoms with van der Waals surface area (Å²) in [7, 11) is 0. The second-order valence-corrected chi connectivity index (χ2v) is 3.08. The maximum absolute atomic E-state index is 5.41. The summed E-state index contributed by atoms with van der Waals surface area (Å²) in [6, 6.07) is 0. The highest BCUT2D eigenvalue weighted by Crippen LogP contribution is 1.99. The van der Waals surface area contributed by atoms with Crippen LogP contribution in [0.1, 0.15) is 33.1 Å².